The van der Waals surface area contributed by atoms with Crippen molar-refractivity contribution in [2.75, 3.05) is 6.67 Å². The van der Waals surface area contributed by atoms with E-state index in [-0.39, 0.29) is 12.0 Å². The number of benzene rings is 1. The average Bonchev–Trinajstić information content (AvgIpc) is 2.76. The molecule has 1 amide bonds. The third kappa shape index (κ3) is 7.37. The summed E-state index contributed by atoms with van der Waals surface area (Å²) < 4.78 is 19.9. The van der Waals surface area contributed by atoms with Crippen LogP contribution >= 0.6 is 0 Å². The number of amides is 1. The fraction of sp³-hybridized carbons (Fsp3) is 0.462. The minimum absolute atomic E-state index is 0.278. The van der Waals surface area contributed by atoms with Crippen LogP contribution in [0, 0.1) is 6.92 Å². The van der Waals surface area contributed by atoms with Crippen molar-refractivity contribution < 1.29 is 23.5 Å². The van der Waals surface area contributed by atoms with E-state index in [1.54, 1.807) is 46.9 Å². The number of halogens is 1. The van der Waals surface area contributed by atoms with Crippen LogP contribution < -0.4 is 10.9 Å². The number of pyridine rings is 1. The number of nitrogens with zero attached hydrogens (tertiary/aromatic N) is 1. The first-order valence-corrected chi connectivity index (χ1v) is 11.3. The van der Waals surface area contributed by atoms with Crippen molar-refractivity contribution in [2.24, 2.45) is 0 Å². The molecule has 184 valence electrons. The molecule has 0 bridgehead atoms. The molecule has 0 radical (unpaired) electrons. The van der Waals surface area contributed by atoms with Crippen LogP contribution in [0.3, 0.4) is 0 Å². The molecular formula is C26H33FN2O5. The van der Waals surface area contributed by atoms with E-state index in [9.17, 15) is 23.6 Å². The molecule has 0 fully saturated rings. The zero-order valence-electron chi connectivity index (χ0n) is 20.4. The Morgan fingerprint density at radius 3 is 2.32 bits per heavy atom. The normalized spacial score (nSPS) is 13.1. The lowest BCUT2D eigenvalue weighted by molar-refractivity contribution is -0.156. The SMILES string of the molecule is CCC(C(=O)NC(CC(=O)OC(C)(C)C)C(=O)CF)c1c(C)ccn(Cc2ccccc2)c1=O. The maximum atomic E-state index is 13.3. The van der Waals surface area contributed by atoms with Crippen LogP contribution in [0.1, 0.15) is 63.1 Å². The highest BCUT2D eigenvalue weighted by Crippen LogP contribution is 2.21. The van der Waals surface area contributed by atoms with E-state index < -0.39 is 48.3 Å². The van der Waals surface area contributed by atoms with Crippen LogP contribution in [-0.2, 0) is 25.7 Å². The second-order valence-electron chi connectivity index (χ2n) is 9.24. The van der Waals surface area contributed by atoms with Gasteiger partial charge in [0.1, 0.15) is 18.3 Å². The number of aryl methyl sites for hydroxylation is 1. The Labute approximate surface area is 199 Å². The first kappa shape index (κ1) is 27.0. The molecule has 1 N–H and O–H groups in total. The van der Waals surface area contributed by atoms with Crippen molar-refractivity contribution in [3.8, 4) is 0 Å². The second-order valence-corrected chi connectivity index (χ2v) is 9.24. The number of hydrogen-bond donors (Lipinski definition) is 1. The molecule has 0 aliphatic carbocycles. The van der Waals surface area contributed by atoms with Gasteiger partial charge in [-0.2, -0.15) is 0 Å². The Morgan fingerprint density at radius 1 is 1.12 bits per heavy atom. The first-order valence-electron chi connectivity index (χ1n) is 11.3. The van der Waals surface area contributed by atoms with Gasteiger partial charge in [0, 0.05) is 11.8 Å². The van der Waals surface area contributed by atoms with Gasteiger partial charge in [-0.15, -0.1) is 0 Å². The Hall–Kier alpha value is -3.29. The maximum Gasteiger partial charge on any atom is 0.308 e. The molecule has 1 aromatic carbocycles. The highest BCUT2D eigenvalue weighted by atomic mass is 19.1. The summed E-state index contributed by atoms with van der Waals surface area (Å²) in [4.78, 5) is 50.8. The summed E-state index contributed by atoms with van der Waals surface area (Å²) >= 11 is 0. The first-order chi connectivity index (χ1) is 16.0. The van der Waals surface area contributed by atoms with Gasteiger partial charge in [0.25, 0.3) is 5.56 Å². The minimum atomic E-state index is -1.38. The summed E-state index contributed by atoms with van der Waals surface area (Å²) in [6, 6.07) is 9.84. The van der Waals surface area contributed by atoms with Gasteiger partial charge >= 0.3 is 5.97 Å². The van der Waals surface area contributed by atoms with E-state index >= 15 is 0 Å². The standard InChI is InChI=1S/C26H33FN2O5/c1-6-19(24(32)28-20(21(30)15-27)14-22(31)34-26(3,4)5)23-17(2)12-13-29(25(23)33)16-18-10-8-7-9-11-18/h7-13,19-20H,6,14-16H2,1-5H3,(H,28,32). The number of Topliss-reactive ketones (excluding diaryl/α,β-unsaturated/α-hetero) is 1. The van der Waals surface area contributed by atoms with Crippen molar-refractivity contribution in [1.29, 1.82) is 0 Å². The number of alkyl halides is 1. The molecule has 0 aliphatic heterocycles. The molecule has 8 heteroatoms. The molecule has 0 saturated heterocycles. The van der Waals surface area contributed by atoms with Gasteiger partial charge in [0.15, 0.2) is 5.78 Å². The molecule has 1 aromatic heterocycles. The summed E-state index contributed by atoms with van der Waals surface area (Å²) in [6.07, 6.45) is 1.46. The lowest BCUT2D eigenvalue weighted by Crippen LogP contribution is -2.46. The van der Waals surface area contributed by atoms with Gasteiger partial charge in [0.05, 0.1) is 18.9 Å². The Morgan fingerprint density at radius 2 is 1.76 bits per heavy atom. The summed E-state index contributed by atoms with van der Waals surface area (Å²) in [5.41, 5.74) is 0.773. The Bertz CT molecular complexity index is 1070. The highest BCUT2D eigenvalue weighted by Gasteiger charge is 2.31. The van der Waals surface area contributed by atoms with Crippen molar-refractivity contribution in [3.63, 3.8) is 0 Å². The van der Waals surface area contributed by atoms with Crippen molar-refractivity contribution in [1.82, 2.24) is 9.88 Å². The molecular weight excluding hydrogens is 439 g/mol. The molecule has 2 aromatic rings. The average molecular weight is 473 g/mol. The number of hydrogen-bond acceptors (Lipinski definition) is 5. The highest BCUT2D eigenvalue weighted by molar-refractivity contribution is 5.94. The summed E-state index contributed by atoms with van der Waals surface area (Å²) in [6.45, 7) is 7.50. The Balaban J connectivity index is 2.30. The fourth-order valence-corrected chi connectivity index (χ4v) is 3.69. The van der Waals surface area contributed by atoms with Crippen molar-refractivity contribution >= 4 is 17.7 Å². The van der Waals surface area contributed by atoms with Crippen LogP contribution in [0.2, 0.25) is 0 Å². The number of carbonyl (C=O) groups excluding carboxylic acids is 3. The number of esters is 1. The van der Waals surface area contributed by atoms with Gasteiger partial charge < -0.3 is 14.6 Å². The van der Waals surface area contributed by atoms with E-state index in [4.69, 9.17) is 4.74 Å². The summed E-state index contributed by atoms with van der Waals surface area (Å²) in [7, 11) is 0. The van der Waals surface area contributed by atoms with Gasteiger partial charge in [0.2, 0.25) is 5.91 Å². The molecule has 0 aliphatic rings. The molecule has 2 unspecified atom stereocenters. The van der Waals surface area contributed by atoms with Crippen molar-refractivity contribution in [3.05, 3.63) is 69.6 Å². The largest absolute Gasteiger partial charge is 0.460 e. The molecule has 2 atom stereocenters. The predicted molar refractivity (Wildman–Crippen MR) is 127 cm³/mol. The lowest BCUT2D eigenvalue weighted by Gasteiger charge is -2.24. The molecule has 1 heterocycles. The molecule has 34 heavy (non-hydrogen) atoms. The zero-order chi connectivity index (χ0) is 25.5. The summed E-state index contributed by atoms with van der Waals surface area (Å²) in [5, 5.41) is 2.48. The predicted octanol–water partition coefficient (Wildman–Crippen LogP) is 3.45. The number of carbonyl (C=O) groups is 3. The topological polar surface area (TPSA) is 94.5 Å². The van der Waals surface area contributed by atoms with Crippen molar-refractivity contribution in [2.45, 2.75) is 71.6 Å². The summed E-state index contributed by atoms with van der Waals surface area (Å²) in [5.74, 6) is -3.14. The quantitative estimate of drug-likeness (QED) is 0.535. The van der Waals surface area contributed by atoms with Crippen LogP contribution in [0.5, 0.6) is 0 Å². The fourth-order valence-electron chi connectivity index (χ4n) is 3.69. The zero-order valence-corrected chi connectivity index (χ0v) is 20.4. The number of ether oxygens (including phenoxy) is 1. The smallest absolute Gasteiger partial charge is 0.308 e. The number of nitrogens with one attached hydrogen (secondary N) is 1. The monoisotopic (exact) mass is 472 g/mol. The van der Waals surface area contributed by atoms with E-state index in [1.807, 2.05) is 30.3 Å². The van der Waals surface area contributed by atoms with E-state index in [2.05, 4.69) is 5.32 Å². The van der Waals surface area contributed by atoms with Crippen LogP contribution in [0.25, 0.3) is 0 Å². The molecule has 2 rings (SSSR count). The molecule has 7 nitrogen and oxygen atoms in total. The van der Waals surface area contributed by atoms with E-state index in [0.717, 1.165) is 5.56 Å². The number of ketones is 1. The number of aromatic nitrogens is 1. The van der Waals surface area contributed by atoms with Gasteiger partial charge in [-0.3, -0.25) is 19.2 Å². The maximum absolute atomic E-state index is 13.3. The van der Waals surface area contributed by atoms with Gasteiger partial charge in [-0.1, -0.05) is 37.3 Å². The van der Waals surface area contributed by atoms with Crippen LogP contribution in [-0.4, -0.2) is 40.5 Å². The van der Waals surface area contributed by atoms with Crippen LogP contribution in [0.4, 0.5) is 4.39 Å². The Kier molecular flexibility index (Phi) is 9.29. The third-order valence-corrected chi connectivity index (χ3v) is 5.32. The van der Waals surface area contributed by atoms with Crippen LogP contribution in [0.15, 0.2) is 47.4 Å². The molecule has 0 spiro atoms. The second kappa shape index (κ2) is 11.7. The van der Waals surface area contributed by atoms with E-state index in [0.29, 0.717) is 17.7 Å². The third-order valence-electron chi connectivity index (χ3n) is 5.32. The van der Waals surface area contributed by atoms with Gasteiger partial charge in [-0.25, -0.2) is 4.39 Å². The minimum Gasteiger partial charge on any atom is -0.460 e. The van der Waals surface area contributed by atoms with Gasteiger partial charge in [-0.05, 0) is 51.3 Å². The lowest BCUT2D eigenvalue weighted by atomic mass is 9.92. The van der Waals surface area contributed by atoms with E-state index in [1.165, 1.54) is 4.57 Å². The number of rotatable bonds is 10. The molecule has 0 saturated carbocycles.